The van der Waals surface area contributed by atoms with Crippen molar-refractivity contribution < 1.29 is 13.5 Å². The van der Waals surface area contributed by atoms with Gasteiger partial charge in [0.2, 0.25) is 15.7 Å². The van der Waals surface area contributed by atoms with Gasteiger partial charge in [-0.2, -0.15) is 4.98 Å². The van der Waals surface area contributed by atoms with Gasteiger partial charge in [0.15, 0.2) is 4.90 Å². The second-order valence-corrected chi connectivity index (χ2v) is 11.8. The molecule has 0 saturated heterocycles. The Labute approximate surface area is 222 Å². The zero-order valence-corrected chi connectivity index (χ0v) is 22.4. The molecule has 7 nitrogen and oxygen atoms in total. The zero-order chi connectivity index (χ0) is 26.9. The van der Waals surface area contributed by atoms with Gasteiger partial charge in [-0.15, -0.1) is 0 Å². The van der Waals surface area contributed by atoms with Gasteiger partial charge in [-0.3, -0.25) is 14.3 Å². The van der Waals surface area contributed by atoms with E-state index in [0.29, 0.717) is 12.2 Å². The third-order valence-corrected chi connectivity index (χ3v) is 9.12. The summed E-state index contributed by atoms with van der Waals surface area (Å²) in [5.74, 6) is -0.0955. The fourth-order valence-electron chi connectivity index (χ4n) is 5.44. The average Bonchev–Trinajstić information content (AvgIpc) is 3.46. The van der Waals surface area contributed by atoms with Crippen molar-refractivity contribution >= 4 is 9.84 Å². The maximum atomic E-state index is 13.8. The van der Waals surface area contributed by atoms with Crippen LogP contribution in [0.4, 0.5) is 0 Å². The lowest BCUT2D eigenvalue weighted by Gasteiger charge is -2.27. The summed E-state index contributed by atoms with van der Waals surface area (Å²) in [6.07, 6.45) is 7.74. The molecule has 8 heteroatoms. The number of aromatic nitrogens is 3. The van der Waals surface area contributed by atoms with E-state index in [9.17, 15) is 18.3 Å². The Bertz CT molecular complexity index is 1610. The molecule has 1 unspecified atom stereocenters. The number of benzene rings is 2. The third kappa shape index (κ3) is 4.76. The third-order valence-electron chi connectivity index (χ3n) is 7.33. The summed E-state index contributed by atoms with van der Waals surface area (Å²) < 4.78 is 29.2. The Kier molecular flexibility index (Phi) is 7.17. The topological polar surface area (TPSA) is 102 Å². The molecule has 1 fully saturated rings. The first-order valence-corrected chi connectivity index (χ1v) is 14.5. The number of sulfone groups is 1. The predicted octanol–water partition coefficient (Wildman–Crippen LogP) is 5.81. The Balaban J connectivity index is 1.65. The lowest BCUT2D eigenvalue weighted by molar-refractivity contribution is 0.352. The Morgan fingerprint density at radius 2 is 1.68 bits per heavy atom. The van der Waals surface area contributed by atoms with E-state index in [1.165, 1.54) is 12.1 Å². The number of aryl methyl sites for hydroxylation is 1. The molecule has 1 aliphatic carbocycles. The van der Waals surface area contributed by atoms with E-state index in [-0.39, 0.29) is 16.9 Å². The SMILES string of the molecule is CCC(c1ccccc1)n1c(C2CCCC2)nc(=O)c(S(=O)(=O)c2ccc(-c3cncc(C)c3)cc2)c1O. The number of aromatic hydroxyl groups is 1. The highest BCUT2D eigenvalue weighted by Crippen LogP contribution is 2.39. The van der Waals surface area contributed by atoms with Crippen LogP contribution in [0.15, 0.2) is 87.6 Å². The molecular formula is C30H31N3O4S. The van der Waals surface area contributed by atoms with Crippen molar-refractivity contribution in [3.63, 3.8) is 0 Å². The number of hydrogen-bond donors (Lipinski definition) is 1. The quantitative estimate of drug-likeness (QED) is 0.324. The van der Waals surface area contributed by atoms with E-state index < -0.39 is 26.2 Å². The molecule has 196 valence electrons. The van der Waals surface area contributed by atoms with Crippen molar-refractivity contribution in [1.29, 1.82) is 0 Å². The van der Waals surface area contributed by atoms with Gasteiger partial charge < -0.3 is 5.11 Å². The number of pyridine rings is 1. The Morgan fingerprint density at radius 1 is 1.00 bits per heavy atom. The van der Waals surface area contributed by atoms with Gasteiger partial charge in [0, 0.05) is 23.9 Å². The smallest absolute Gasteiger partial charge is 0.296 e. The Hall–Kier alpha value is -3.78. The van der Waals surface area contributed by atoms with Crippen molar-refractivity contribution in [1.82, 2.24) is 14.5 Å². The Morgan fingerprint density at radius 3 is 2.32 bits per heavy atom. The highest BCUT2D eigenvalue weighted by Gasteiger charge is 2.34. The fourth-order valence-corrected chi connectivity index (χ4v) is 6.78. The first kappa shape index (κ1) is 25.9. The molecule has 1 atom stereocenters. The van der Waals surface area contributed by atoms with E-state index in [1.807, 2.05) is 50.2 Å². The van der Waals surface area contributed by atoms with Gasteiger partial charge in [0.25, 0.3) is 5.56 Å². The summed E-state index contributed by atoms with van der Waals surface area (Å²) in [5.41, 5.74) is 2.63. The second kappa shape index (κ2) is 10.5. The fraction of sp³-hybridized carbons (Fsp3) is 0.300. The summed E-state index contributed by atoms with van der Waals surface area (Å²) in [6, 6.07) is 17.5. The summed E-state index contributed by atoms with van der Waals surface area (Å²) in [4.78, 5) is 21.1. The maximum Gasteiger partial charge on any atom is 0.296 e. The molecule has 4 aromatic rings. The lowest BCUT2D eigenvalue weighted by atomic mass is 10.0. The van der Waals surface area contributed by atoms with Crippen LogP contribution in [0.3, 0.4) is 0 Å². The number of nitrogens with zero attached hydrogens (tertiary/aromatic N) is 3. The minimum Gasteiger partial charge on any atom is -0.493 e. The van der Waals surface area contributed by atoms with Crippen LogP contribution >= 0.6 is 0 Å². The first-order chi connectivity index (χ1) is 18.3. The summed E-state index contributed by atoms with van der Waals surface area (Å²) in [5, 5.41) is 11.6. The van der Waals surface area contributed by atoms with Crippen LogP contribution in [-0.4, -0.2) is 28.1 Å². The first-order valence-electron chi connectivity index (χ1n) is 13.0. The van der Waals surface area contributed by atoms with Gasteiger partial charge in [-0.1, -0.05) is 62.2 Å². The van der Waals surface area contributed by atoms with Crippen LogP contribution in [-0.2, 0) is 9.84 Å². The molecule has 2 aromatic heterocycles. The maximum absolute atomic E-state index is 13.8. The molecule has 1 aliphatic rings. The minimum absolute atomic E-state index is 0.00895. The molecule has 1 N–H and O–H groups in total. The van der Waals surface area contributed by atoms with E-state index in [2.05, 4.69) is 9.97 Å². The number of hydrogen-bond acceptors (Lipinski definition) is 6. The van der Waals surface area contributed by atoms with Gasteiger partial charge in [-0.05, 0) is 61.1 Å². The average molecular weight is 530 g/mol. The van der Waals surface area contributed by atoms with Crippen LogP contribution in [0.1, 0.15) is 67.9 Å². The minimum atomic E-state index is -4.36. The van der Waals surface area contributed by atoms with Gasteiger partial charge in [0.1, 0.15) is 5.82 Å². The van der Waals surface area contributed by atoms with Crippen molar-refractivity contribution in [2.45, 2.75) is 67.7 Å². The molecule has 0 spiro atoms. The van der Waals surface area contributed by atoms with Gasteiger partial charge in [0.05, 0.1) is 10.9 Å². The molecule has 0 aliphatic heterocycles. The molecule has 1 saturated carbocycles. The standard InChI is InChI=1S/C30H31N3O4S/c1-3-26(22-9-5-4-6-10-22)33-28(23-11-7-8-12-23)32-29(34)27(30(33)35)38(36,37)25-15-13-21(14-16-25)24-17-20(2)18-31-19-24/h4-6,9-10,13-19,23,26,35H,3,7-8,11-12H2,1-2H3. The van der Waals surface area contributed by atoms with E-state index in [4.69, 9.17) is 0 Å². The molecule has 5 rings (SSSR count). The van der Waals surface area contributed by atoms with Crippen LogP contribution in [0.25, 0.3) is 11.1 Å². The van der Waals surface area contributed by atoms with Crippen molar-refractivity contribution in [2.75, 3.05) is 0 Å². The monoisotopic (exact) mass is 529 g/mol. The highest BCUT2D eigenvalue weighted by molar-refractivity contribution is 7.91. The van der Waals surface area contributed by atoms with Crippen LogP contribution in [0.5, 0.6) is 5.88 Å². The number of rotatable bonds is 7. The van der Waals surface area contributed by atoms with Gasteiger partial charge >= 0.3 is 0 Å². The second-order valence-electron chi connectivity index (χ2n) is 9.89. The molecule has 38 heavy (non-hydrogen) atoms. The summed E-state index contributed by atoms with van der Waals surface area (Å²) in [6.45, 7) is 3.91. The normalized spacial score (nSPS) is 15.0. The highest BCUT2D eigenvalue weighted by atomic mass is 32.2. The van der Waals surface area contributed by atoms with E-state index in [0.717, 1.165) is 47.9 Å². The summed E-state index contributed by atoms with van der Waals surface area (Å²) in [7, 11) is -4.36. The van der Waals surface area contributed by atoms with E-state index in [1.54, 1.807) is 29.1 Å². The largest absolute Gasteiger partial charge is 0.493 e. The van der Waals surface area contributed by atoms with E-state index >= 15 is 0 Å². The predicted molar refractivity (Wildman–Crippen MR) is 146 cm³/mol. The molecule has 2 heterocycles. The molecule has 2 aromatic carbocycles. The molecule has 0 bridgehead atoms. The van der Waals surface area contributed by atoms with Crippen molar-refractivity contribution in [2.24, 2.45) is 0 Å². The van der Waals surface area contributed by atoms with Crippen molar-refractivity contribution in [3.8, 4) is 17.0 Å². The molecule has 0 radical (unpaired) electrons. The van der Waals surface area contributed by atoms with Crippen molar-refractivity contribution in [3.05, 3.63) is 100 Å². The zero-order valence-electron chi connectivity index (χ0n) is 21.5. The van der Waals surface area contributed by atoms with Crippen LogP contribution in [0.2, 0.25) is 0 Å². The molecule has 0 amide bonds. The molecular weight excluding hydrogens is 498 g/mol. The van der Waals surface area contributed by atoms with Crippen LogP contribution < -0.4 is 5.56 Å². The van der Waals surface area contributed by atoms with Gasteiger partial charge in [-0.25, -0.2) is 8.42 Å². The van der Waals surface area contributed by atoms with Crippen LogP contribution in [0, 0.1) is 6.92 Å². The lowest BCUT2D eigenvalue weighted by Crippen LogP contribution is -2.28. The summed E-state index contributed by atoms with van der Waals surface area (Å²) >= 11 is 0.